The van der Waals surface area contributed by atoms with E-state index in [4.69, 9.17) is 9.47 Å². The Labute approximate surface area is 173 Å². The van der Waals surface area contributed by atoms with Gasteiger partial charge < -0.3 is 14.0 Å². The Morgan fingerprint density at radius 2 is 1.76 bits per heavy atom. The van der Waals surface area contributed by atoms with Gasteiger partial charge in [-0.15, -0.1) is 0 Å². The number of hydrogen-bond donors (Lipinski definition) is 1. The molecule has 9 heteroatoms. The summed E-state index contributed by atoms with van der Waals surface area (Å²) in [5.41, 5.74) is 1.46. The highest BCUT2D eigenvalue weighted by atomic mass is 32.2. The predicted molar refractivity (Wildman–Crippen MR) is 115 cm³/mol. The van der Waals surface area contributed by atoms with Crippen LogP contribution in [0, 0.1) is 0 Å². The van der Waals surface area contributed by atoms with Crippen molar-refractivity contribution in [2.24, 2.45) is 7.05 Å². The van der Waals surface area contributed by atoms with E-state index in [0.717, 1.165) is 16.9 Å². The first-order valence-electron chi connectivity index (χ1n) is 9.28. The Hall–Kier alpha value is -2.36. The maximum absolute atomic E-state index is 12.9. The molecule has 3 aromatic rings. The number of nitrogens with one attached hydrogen (secondary N) is 1. The molecular formula is C20H24N2O5S2. The number of benzene rings is 2. The number of aromatic nitrogens is 1. The molecule has 156 valence electrons. The van der Waals surface area contributed by atoms with Gasteiger partial charge in [0.1, 0.15) is 0 Å². The number of nitrogens with zero attached hydrogens (tertiary/aromatic N) is 1. The summed E-state index contributed by atoms with van der Waals surface area (Å²) >= 11 is 1.02. The Morgan fingerprint density at radius 3 is 2.45 bits per heavy atom. The summed E-state index contributed by atoms with van der Waals surface area (Å²) in [6, 6.07) is 9.58. The van der Waals surface area contributed by atoms with Crippen molar-refractivity contribution in [2.45, 2.75) is 31.7 Å². The van der Waals surface area contributed by atoms with Crippen LogP contribution in [0.2, 0.25) is 0 Å². The third kappa shape index (κ3) is 4.47. The quantitative estimate of drug-likeness (QED) is 0.585. The number of fused-ring (bicyclic) bond motifs is 1. The molecule has 0 fully saturated rings. The second-order valence-electron chi connectivity index (χ2n) is 6.47. The lowest BCUT2D eigenvalue weighted by atomic mass is 10.1. The molecule has 0 saturated heterocycles. The molecule has 7 nitrogen and oxygen atoms in total. The number of aryl methyl sites for hydroxylation is 1. The van der Waals surface area contributed by atoms with Crippen molar-refractivity contribution in [3.63, 3.8) is 0 Å². The van der Waals surface area contributed by atoms with E-state index >= 15 is 0 Å². The van der Waals surface area contributed by atoms with Crippen LogP contribution >= 0.6 is 11.3 Å². The lowest BCUT2D eigenvalue weighted by Gasteiger charge is -2.17. The molecule has 1 heterocycles. The zero-order chi connectivity index (χ0) is 21.2. The predicted octanol–water partition coefficient (Wildman–Crippen LogP) is 3.44. The SMILES string of the molecule is CCOc1ccc([C@@H](C)NS(=O)(=O)c2ccc3c(c2)sc(=O)n3C)cc1OCC. The molecule has 3 rings (SSSR count). The van der Waals surface area contributed by atoms with Crippen LogP contribution in [-0.2, 0) is 17.1 Å². The van der Waals surface area contributed by atoms with Gasteiger partial charge in [-0.05, 0) is 56.7 Å². The van der Waals surface area contributed by atoms with Crippen LogP contribution in [-0.4, -0.2) is 26.2 Å². The highest BCUT2D eigenvalue weighted by Gasteiger charge is 2.21. The van der Waals surface area contributed by atoms with Crippen LogP contribution in [0.15, 0.2) is 46.1 Å². The van der Waals surface area contributed by atoms with Crippen molar-refractivity contribution in [1.82, 2.24) is 9.29 Å². The van der Waals surface area contributed by atoms with E-state index in [1.807, 2.05) is 19.9 Å². The van der Waals surface area contributed by atoms with Gasteiger partial charge >= 0.3 is 4.87 Å². The smallest absolute Gasteiger partial charge is 0.307 e. The van der Waals surface area contributed by atoms with Crippen LogP contribution in [0.5, 0.6) is 11.5 Å². The Bertz CT molecular complexity index is 1180. The number of rotatable bonds is 8. The number of ether oxygens (including phenoxy) is 2. The number of hydrogen-bond acceptors (Lipinski definition) is 6. The average Bonchev–Trinajstić information content (AvgIpc) is 2.96. The van der Waals surface area contributed by atoms with Crippen molar-refractivity contribution < 1.29 is 17.9 Å². The molecule has 1 N–H and O–H groups in total. The molecule has 1 aromatic heterocycles. The molecular weight excluding hydrogens is 412 g/mol. The fourth-order valence-electron chi connectivity index (χ4n) is 2.99. The summed E-state index contributed by atoms with van der Waals surface area (Å²) in [5.74, 6) is 1.20. The third-order valence-electron chi connectivity index (χ3n) is 4.47. The van der Waals surface area contributed by atoms with Crippen LogP contribution in [0.25, 0.3) is 10.2 Å². The largest absolute Gasteiger partial charge is 0.490 e. The maximum atomic E-state index is 12.9. The molecule has 0 aliphatic carbocycles. The van der Waals surface area contributed by atoms with Crippen LogP contribution in [0.1, 0.15) is 32.4 Å². The maximum Gasteiger partial charge on any atom is 0.307 e. The summed E-state index contributed by atoms with van der Waals surface area (Å²) in [4.78, 5) is 11.8. The Balaban J connectivity index is 1.88. The van der Waals surface area contributed by atoms with E-state index in [9.17, 15) is 13.2 Å². The van der Waals surface area contributed by atoms with Gasteiger partial charge in [0.05, 0.1) is 28.3 Å². The highest BCUT2D eigenvalue weighted by molar-refractivity contribution is 7.89. The zero-order valence-corrected chi connectivity index (χ0v) is 18.4. The average molecular weight is 437 g/mol. The minimum atomic E-state index is -3.77. The number of sulfonamides is 1. The van der Waals surface area contributed by atoms with E-state index in [1.54, 1.807) is 32.2 Å². The lowest BCUT2D eigenvalue weighted by molar-refractivity contribution is 0.287. The Morgan fingerprint density at radius 1 is 1.07 bits per heavy atom. The van der Waals surface area contributed by atoms with Gasteiger partial charge in [-0.3, -0.25) is 4.79 Å². The summed E-state index contributed by atoms with van der Waals surface area (Å²) in [7, 11) is -2.11. The molecule has 0 aliphatic rings. The van der Waals surface area contributed by atoms with Crippen LogP contribution in [0.3, 0.4) is 0 Å². The van der Waals surface area contributed by atoms with E-state index < -0.39 is 16.1 Å². The zero-order valence-electron chi connectivity index (χ0n) is 16.8. The van der Waals surface area contributed by atoms with Crippen molar-refractivity contribution in [3.8, 4) is 11.5 Å². The molecule has 29 heavy (non-hydrogen) atoms. The van der Waals surface area contributed by atoms with Crippen molar-refractivity contribution in [1.29, 1.82) is 0 Å². The summed E-state index contributed by atoms with van der Waals surface area (Å²) in [6.45, 7) is 6.52. The van der Waals surface area contributed by atoms with Gasteiger partial charge in [0, 0.05) is 13.1 Å². The summed E-state index contributed by atoms with van der Waals surface area (Å²) in [6.07, 6.45) is 0. The Kier molecular flexibility index (Phi) is 6.30. The second kappa shape index (κ2) is 8.56. The highest BCUT2D eigenvalue weighted by Crippen LogP contribution is 2.31. The minimum Gasteiger partial charge on any atom is -0.490 e. The normalized spacial score (nSPS) is 12.8. The topological polar surface area (TPSA) is 86.6 Å². The van der Waals surface area contributed by atoms with Crippen LogP contribution < -0.4 is 19.1 Å². The molecule has 0 saturated carbocycles. The van der Waals surface area contributed by atoms with E-state index in [1.165, 1.54) is 16.7 Å². The molecule has 0 unspecified atom stereocenters. The van der Waals surface area contributed by atoms with E-state index in [-0.39, 0.29) is 9.77 Å². The first-order valence-corrected chi connectivity index (χ1v) is 11.6. The van der Waals surface area contributed by atoms with Gasteiger partial charge in [-0.25, -0.2) is 13.1 Å². The molecule has 0 bridgehead atoms. The fraction of sp³-hybridized carbons (Fsp3) is 0.350. The molecule has 1 atom stereocenters. The second-order valence-corrected chi connectivity index (χ2v) is 9.18. The summed E-state index contributed by atoms with van der Waals surface area (Å²) in [5, 5.41) is 0. The third-order valence-corrected chi connectivity index (χ3v) is 7.01. The van der Waals surface area contributed by atoms with Gasteiger partial charge in [0.25, 0.3) is 0 Å². The first-order chi connectivity index (χ1) is 13.8. The monoisotopic (exact) mass is 436 g/mol. The van der Waals surface area contributed by atoms with Gasteiger partial charge in [0.2, 0.25) is 10.0 Å². The lowest BCUT2D eigenvalue weighted by Crippen LogP contribution is -2.27. The fourth-order valence-corrected chi connectivity index (χ4v) is 5.24. The number of thiazole rings is 1. The van der Waals surface area contributed by atoms with Gasteiger partial charge in [0.15, 0.2) is 11.5 Å². The van der Waals surface area contributed by atoms with E-state index in [0.29, 0.717) is 34.9 Å². The van der Waals surface area contributed by atoms with Crippen molar-refractivity contribution in [2.75, 3.05) is 13.2 Å². The van der Waals surface area contributed by atoms with Crippen molar-refractivity contribution in [3.05, 3.63) is 51.6 Å². The first kappa shape index (κ1) is 21.4. The standard InChI is InChI=1S/C20H24N2O5S2/c1-5-26-17-10-7-14(11-18(17)27-6-2)13(3)21-29(24,25)15-8-9-16-19(12-15)28-20(23)22(16)4/h7-13,21H,5-6H2,1-4H3/t13-/m1/s1. The molecule has 2 aromatic carbocycles. The molecule has 0 aliphatic heterocycles. The van der Waals surface area contributed by atoms with E-state index in [2.05, 4.69) is 4.72 Å². The van der Waals surface area contributed by atoms with Crippen LogP contribution in [0.4, 0.5) is 0 Å². The summed E-state index contributed by atoms with van der Waals surface area (Å²) < 4.78 is 41.8. The van der Waals surface area contributed by atoms with Gasteiger partial charge in [-0.2, -0.15) is 0 Å². The molecule has 0 spiro atoms. The molecule has 0 amide bonds. The molecule has 0 radical (unpaired) electrons. The minimum absolute atomic E-state index is 0.120. The van der Waals surface area contributed by atoms with Crippen molar-refractivity contribution >= 4 is 31.6 Å². The van der Waals surface area contributed by atoms with Gasteiger partial charge in [-0.1, -0.05) is 17.4 Å².